The van der Waals surface area contributed by atoms with Crippen molar-refractivity contribution >= 4 is 5.69 Å². The van der Waals surface area contributed by atoms with E-state index in [1.807, 2.05) is 72.8 Å². The van der Waals surface area contributed by atoms with Gasteiger partial charge in [0, 0.05) is 12.2 Å². The summed E-state index contributed by atoms with van der Waals surface area (Å²) in [6.45, 7) is 1.21. The summed E-state index contributed by atoms with van der Waals surface area (Å²) in [5.41, 5.74) is 3.28. The first-order valence-electron chi connectivity index (χ1n) is 8.50. The lowest BCUT2D eigenvalue weighted by molar-refractivity contribution is 0.284. The molecule has 0 atom stereocenters. The molecule has 4 nitrogen and oxygen atoms in total. The van der Waals surface area contributed by atoms with Crippen molar-refractivity contribution < 1.29 is 14.2 Å². The Bertz CT molecular complexity index is 817. The highest BCUT2D eigenvalue weighted by atomic mass is 16.5. The fourth-order valence-electron chi connectivity index (χ4n) is 2.59. The second-order valence-corrected chi connectivity index (χ2v) is 5.84. The molecule has 0 saturated carbocycles. The molecular weight excluding hydrogens is 326 g/mol. The van der Waals surface area contributed by atoms with E-state index in [1.165, 1.54) is 0 Å². The summed E-state index contributed by atoms with van der Waals surface area (Å²) >= 11 is 0. The molecule has 0 amide bonds. The maximum atomic E-state index is 5.90. The zero-order chi connectivity index (χ0) is 18.2. The van der Waals surface area contributed by atoms with Gasteiger partial charge in [-0.25, -0.2) is 0 Å². The number of nitrogens with one attached hydrogen (secondary N) is 1. The highest BCUT2D eigenvalue weighted by Gasteiger charge is 2.06. The molecule has 0 aliphatic carbocycles. The van der Waals surface area contributed by atoms with Crippen LogP contribution in [0.4, 0.5) is 5.69 Å². The zero-order valence-corrected chi connectivity index (χ0v) is 15.1. The molecule has 0 bridgehead atoms. The summed E-state index contributed by atoms with van der Waals surface area (Å²) in [7, 11) is 3.32. The Morgan fingerprint density at radius 1 is 0.731 bits per heavy atom. The molecule has 0 unspecified atom stereocenters. The lowest BCUT2D eigenvalue weighted by Gasteiger charge is -2.13. The Labute approximate surface area is 154 Å². The topological polar surface area (TPSA) is 39.7 Å². The summed E-state index contributed by atoms with van der Waals surface area (Å²) in [5, 5.41) is 3.39. The van der Waals surface area contributed by atoms with Crippen molar-refractivity contribution in [2.75, 3.05) is 19.5 Å². The molecule has 3 rings (SSSR count). The van der Waals surface area contributed by atoms with Gasteiger partial charge in [-0.15, -0.1) is 0 Å². The maximum Gasteiger partial charge on any atom is 0.161 e. The van der Waals surface area contributed by atoms with Crippen LogP contribution in [-0.2, 0) is 13.2 Å². The summed E-state index contributed by atoms with van der Waals surface area (Å²) in [6.07, 6.45) is 0. The van der Waals surface area contributed by atoms with Gasteiger partial charge < -0.3 is 19.5 Å². The zero-order valence-electron chi connectivity index (χ0n) is 15.1. The average molecular weight is 349 g/mol. The van der Waals surface area contributed by atoms with E-state index in [2.05, 4.69) is 5.32 Å². The van der Waals surface area contributed by atoms with E-state index in [1.54, 1.807) is 14.2 Å². The Kier molecular flexibility index (Phi) is 5.99. The molecule has 0 spiro atoms. The minimum Gasteiger partial charge on any atom is -0.497 e. The SMILES string of the molecule is COc1ccc(NCc2ccc(OCc3ccccc3)c(OC)c2)cc1. The lowest BCUT2D eigenvalue weighted by Crippen LogP contribution is -2.02. The largest absolute Gasteiger partial charge is 0.497 e. The van der Waals surface area contributed by atoms with Crippen LogP contribution in [0.15, 0.2) is 72.8 Å². The van der Waals surface area contributed by atoms with Gasteiger partial charge in [0.25, 0.3) is 0 Å². The van der Waals surface area contributed by atoms with Gasteiger partial charge in [0.1, 0.15) is 12.4 Å². The number of hydrogen-bond acceptors (Lipinski definition) is 4. The van der Waals surface area contributed by atoms with Gasteiger partial charge in [-0.2, -0.15) is 0 Å². The summed E-state index contributed by atoms with van der Waals surface area (Å²) in [5.74, 6) is 2.32. The van der Waals surface area contributed by atoms with Crippen molar-refractivity contribution in [2.24, 2.45) is 0 Å². The molecule has 26 heavy (non-hydrogen) atoms. The first kappa shape index (κ1) is 17.7. The summed E-state index contributed by atoms with van der Waals surface area (Å²) in [4.78, 5) is 0. The molecule has 4 heteroatoms. The molecule has 0 fully saturated rings. The Hall–Kier alpha value is -3.14. The Morgan fingerprint density at radius 3 is 2.19 bits per heavy atom. The maximum absolute atomic E-state index is 5.90. The van der Waals surface area contributed by atoms with Crippen molar-refractivity contribution in [2.45, 2.75) is 13.2 Å². The second-order valence-electron chi connectivity index (χ2n) is 5.84. The van der Waals surface area contributed by atoms with Crippen molar-refractivity contribution in [1.29, 1.82) is 0 Å². The first-order chi connectivity index (χ1) is 12.8. The molecule has 0 saturated heterocycles. The van der Waals surface area contributed by atoms with Crippen LogP contribution in [0, 0.1) is 0 Å². The number of ether oxygens (including phenoxy) is 3. The van der Waals surface area contributed by atoms with Gasteiger partial charge in [0.05, 0.1) is 14.2 Å². The number of rotatable bonds is 8. The van der Waals surface area contributed by atoms with Crippen LogP contribution in [0.5, 0.6) is 17.2 Å². The molecule has 1 N–H and O–H groups in total. The fourth-order valence-corrected chi connectivity index (χ4v) is 2.59. The number of methoxy groups -OCH3 is 2. The third-order valence-corrected chi connectivity index (χ3v) is 4.05. The number of benzene rings is 3. The van der Waals surface area contributed by atoms with E-state index in [9.17, 15) is 0 Å². The summed E-state index contributed by atoms with van der Waals surface area (Å²) < 4.78 is 16.6. The Morgan fingerprint density at radius 2 is 1.50 bits per heavy atom. The third-order valence-electron chi connectivity index (χ3n) is 4.05. The highest BCUT2D eigenvalue weighted by Crippen LogP contribution is 2.29. The van der Waals surface area contributed by atoms with E-state index in [4.69, 9.17) is 14.2 Å². The molecule has 3 aromatic rings. The number of hydrogen-bond donors (Lipinski definition) is 1. The fraction of sp³-hybridized carbons (Fsp3) is 0.182. The minimum atomic E-state index is 0.515. The quantitative estimate of drug-likeness (QED) is 0.628. The van der Waals surface area contributed by atoms with Crippen molar-refractivity contribution in [3.05, 3.63) is 83.9 Å². The van der Waals surface area contributed by atoms with E-state index in [0.29, 0.717) is 13.2 Å². The normalized spacial score (nSPS) is 10.2. The highest BCUT2D eigenvalue weighted by molar-refractivity contribution is 5.48. The van der Waals surface area contributed by atoms with E-state index < -0.39 is 0 Å². The third kappa shape index (κ3) is 4.70. The smallest absolute Gasteiger partial charge is 0.161 e. The molecule has 0 heterocycles. The Balaban J connectivity index is 1.62. The van der Waals surface area contributed by atoms with Gasteiger partial charge >= 0.3 is 0 Å². The molecule has 0 aliphatic heterocycles. The van der Waals surface area contributed by atoms with Crippen LogP contribution < -0.4 is 19.5 Å². The first-order valence-corrected chi connectivity index (χ1v) is 8.50. The van der Waals surface area contributed by atoms with Crippen LogP contribution in [0.25, 0.3) is 0 Å². The monoisotopic (exact) mass is 349 g/mol. The lowest BCUT2D eigenvalue weighted by atomic mass is 10.2. The van der Waals surface area contributed by atoms with Gasteiger partial charge in [0.15, 0.2) is 11.5 Å². The van der Waals surface area contributed by atoms with Crippen molar-refractivity contribution in [3.63, 3.8) is 0 Å². The van der Waals surface area contributed by atoms with Gasteiger partial charge in [0.2, 0.25) is 0 Å². The summed E-state index contributed by atoms with van der Waals surface area (Å²) in [6, 6.07) is 23.9. The van der Waals surface area contributed by atoms with E-state index in [-0.39, 0.29) is 0 Å². The molecule has 0 radical (unpaired) electrons. The van der Waals surface area contributed by atoms with Crippen LogP contribution in [0.1, 0.15) is 11.1 Å². The van der Waals surface area contributed by atoms with Crippen LogP contribution >= 0.6 is 0 Å². The van der Waals surface area contributed by atoms with Crippen LogP contribution in [0.3, 0.4) is 0 Å². The second kappa shape index (κ2) is 8.81. The van der Waals surface area contributed by atoms with Gasteiger partial charge in [-0.1, -0.05) is 36.4 Å². The predicted molar refractivity (Wildman–Crippen MR) is 104 cm³/mol. The molecule has 134 valence electrons. The molecule has 0 aliphatic rings. The van der Waals surface area contributed by atoms with Gasteiger partial charge in [-0.05, 0) is 47.5 Å². The molecular formula is C22H23NO3. The average Bonchev–Trinajstić information content (AvgIpc) is 2.72. The van der Waals surface area contributed by atoms with Crippen LogP contribution in [-0.4, -0.2) is 14.2 Å². The molecule has 0 aromatic heterocycles. The van der Waals surface area contributed by atoms with E-state index >= 15 is 0 Å². The van der Waals surface area contributed by atoms with Crippen molar-refractivity contribution in [3.8, 4) is 17.2 Å². The van der Waals surface area contributed by atoms with E-state index in [0.717, 1.165) is 34.1 Å². The predicted octanol–water partition coefficient (Wildman–Crippen LogP) is 4.89. The van der Waals surface area contributed by atoms with Crippen molar-refractivity contribution in [1.82, 2.24) is 0 Å². The van der Waals surface area contributed by atoms with Crippen LogP contribution in [0.2, 0.25) is 0 Å². The van der Waals surface area contributed by atoms with Gasteiger partial charge in [-0.3, -0.25) is 0 Å². The standard InChI is InChI=1S/C22H23NO3/c1-24-20-11-9-19(10-12-20)23-15-18-8-13-21(22(14-18)25-2)26-16-17-6-4-3-5-7-17/h3-14,23H,15-16H2,1-2H3. The molecule has 3 aromatic carbocycles. The number of anilines is 1. The minimum absolute atomic E-state index is 0.515.